The number of hydrogen-bond acceptors (Lipinski definition) is 6. The average molecular weight is 283 g/mol. The standard InChI is InChI=1S/C13H17NO6/c1-3-20-12(16)7-11(15)13(17)10-5-4-9(14(18)19)6-8(10)2/h4-6,11,13,15,17H,3,7H2,1-2H3. The molecule has 20 heavy (non-hydrogen) atoms. The van der Waals surface area contributed by atoms with E-state index in [1.54, 1.807) is 13.8 Å². The van der Waals surface area contributed by atoms with Gasteiger partial charge in [-0.25, -0.2) is 0 Å². The van der Waals surface area contributed by atoms with E-state index in [-0.39, 0.29) is 18.7 Å². The molecule has 1 aromatic carbocycles. The lowest BCUT2D eigenvalue weighted by molar-refractivity contribution is -0.384. The molecule has 7 heteroatoms. The van der Waals surface area contributed by atoms with Gasteiger partial charge in [0.15, 0.2) is 0 Å². The number of carbonyl (C=O) groups excluding carboxylic acids is 1. The third-order valence-electron chi connectivity index (χ3n) is 2.83. The highest BCUT2D eigenvalue weighted by molar-refractivity contribution is 5.70. The summed E-state index contributed by atoms with van der Waals surface area (Å²) in [5, 5.41) is 30.4. The van der Waals surface area contributed by atoms with Gasteiger partial charge in [-0.3, -0.25) is 14.9 Å². The zero-order chi connectivity index (χ0) is 15.3. The quantitative estimate of drug-likeness (QED) is 0.462. The van der Waals surface area contributed by atoms with E-state index in [2.05, 4.69) is 4.74 Å². The smallest absolute Gasteiger partial charge is 0.308 e. The van der Waals surface area contributed by atoms with E-state index in [4.69, 9.17) is 0 Å². The van der Waals surface area contributed by atoms with Crippen LogP contribution in [-0.4, -0.2) is 33.8 Å². The number of nitrogens with zero attached hydrogens (tertiary/aromatic N) is 1. The van der Waals surface area contributed by atoms with E-state index >= 15 is 0 Å². The van der Waals surface area contributed by atoms with E-state index in [9.17, 15) is 25.1 Å². The number of non-ortho nitro benzene ring substituents is 1. The van der Waals surface area contributed by atoms with Crippen molar-refractivity contribution in [1.29, 1.82) is 0 Å². The maximum absolute atomic E-state index is 11.2. The van der Waals surface area contributed by atoms with Gasteiger partial charge in [0.05, 0.1) is 24.1 Å². The molecule has 2 N–H and O–H groups in total. The molecule has 110 valence electrons. The van der Waals surface area contributed by atoms with Gasteiger partial charge >= 0.3 is 5.97 Å². The van der Waals surface area contributed by atoms with Crippen LogP contribution in [0.5, 0.6) is 0 Å². The van der Waals surface area contributed by atoms with E-state index in [0.29, 0.717) is 11.1 Å². The lowest BCUT2D eigenvalue weighted by Gasteiger charge is -2.19. The number of benzene rings is 1. The van der Waals surface area contributed by atoms with Crippen LogP contribution in [0, 0.1) is 17.0 Å². The first-order valence-corrected chi connectivity index (χ1v) is 6.13. The highest BCUT2D eigenvalue weighted by atomic mass is 16.6. The predicted octanol–water partition coefficient (Wildman–Crippen LogP) is 1.25. The highest BCUT2D eigenvalue weighted by Crippen LogP contribution is 2.25. The maximum atomic E-state index is 11.2. The second kappa shape index (κ2) is 6.97. The normalized spacial score (nSPS) is 13.6. The summed E-state index contributed by atoms with van der Waals surface area (Å²) < 4.78 is 4.68. The molecule has 0 heterocycles. The van der Waals surface area contributed by atoms with Crippen LogP contribution in [0.4, 0.5) is 5.69 Å². The maximum Gasteiger partial charge on any atom is 0.308 e. The Morgan fingerprint density at radius 3 is 2.60 bits per heavy atom. The Labute approximate surface area is 116 Å². The number of nitro groups is 1. The fraction of sp³-hybridized carbons (Fsp3) is 0.462. The third kappa shape index (κ3) is 4.01. The van der Waals surface area contributed by atoms with Gasteiger partial charge in [-0.15, -0.1) is 0 Å². The van der Waals surface area contributed by atoms with Crippen molar-refractivity contribution in [2.24, 2.45) is 0 Å². The van der Waals surface area contributed by atoms with Crippen molar-refractivity contribution in [1.82, 2.24) is 0 Å². The fourth-order valence-corrected chi connectivity index (χ4v) is 1.81. The van der Waals surface area contributed by atoms with Gasteiger partial charge in [-0.1, -0.05) is 0 Å². The number of carbonyl (C=O) groups is 1. The summed E-state index contributed by atoms with van der Waals surface area (Å²) in [7, 11) is 0. The summed E-state index contributed by atoms with van der Waals surface area (Å²) in [6.07, 6.45) is -2.97. The first-order valence-electron chi connectivity index (χ1n) is 6.13. The second-order valence-electron chi connectivity index (χ2n) is 4.32. The molecular formula is C13H17NO6. The van der Waals surface area contributed by atoms with Gasteiger partial charge in [-0.2, -0.15) is 0 Å². The molecule has 0 aromatic heterocycles. The van der Waals surface area contributed by atoms with Crippen LogP contribution in [-0.2, 0) is 9.53 Å². The van der Waals surface area contributed by atoms with Crippen LogP contribution in [0.15, 0.2) is 18.2 Å². The van der Waals surface area contributed by atoms with Crippen molar-refractivity contribution in [3.63, 3.8) is 0 Å². The number of hydrogen-bond donors (Lipinski definition) is 2. The monoisotopic (exact) mass is 283 g/mol. The molecule has 0 aliphatic carbocycles. The molecule has 1 rings (SSSR count). The Balaban J connectivity index is 2.83. The summed E-state index contributed by atoms with van der Waals surface area (Å²) >= 11 is 0. The molecule has 2 unspecified atom stereocenters. The molecule has 0 amide bonds. The van der Waals surface area contributed by atoms with Crippen molar-refractivity contribution in [2.45, 2.75) is 32.5 Å². The molecule has 0 saturated carbocycles. The Bertz CT molecular complexity index is 502. The number of nitro benzene ring substituents is 1. The Kier molecular flexibility index (Phi) is 5.60. The molecule has 1 aromatic rings. The molecule has 0 aliphatic heterocycles. The van der Waals surface area contributed by atoms with Crippen LogP contribution in [0.2, 0.25) is 0 Å². The van der Waals surface area contributed by atoms with E-state index in [1.165, 1.54) is 18.2 Å². The highest BCUT2D eigenvalue weighted by Gasteiger charge is 2.24. The van der Waals surface area contributed by atoms with Crippen LogP contribution in [0.25, 0.3) is 0 Å². The number of ether oxygens (including phenoxy) is 1. The summed E-state index contributed by atoms with van der Waals surface area (Å²) in [4.78, 5) is 21.3. The summed E-state index contributed by atoms with van der Waals surface area (Å²) in [5.74, 6) is -0.612. The van der Waals surface area contributed by atoms with Crippen LogP contribution in [0.1, 0.15) is 30.6 Å². The molecule has 0 saturated heterocycles. The third-order valence-corrected chi connectivity index (χ3v) is 2.83. The number of aliphatic hydroxyl groups is 2. The largest absolute Gasteiger partial charge is 0.466 e. The Morgan fingerprint density at radius 2 is 2.10 bits per heavy atom. The average Bonchev–Trinajstić information content (AvgIpc) is 2.37. The minimum absolute atomic E-state index is 0.0988. The molecule has 0 aliphatic rings. The van der Waals surface area contributed by atoms with Gasteiger partial charge in [0.25, 0.3) is 5.69 Å². The first kappa shape index (κ1) is 16.1. The van der Waals surface area contributed by atoms with Gasteiger partial charge in [0.2, 0.25) is 0 Å². The Hall–Kier alpha value is -1.99. The fourth-order valence-electron chi connectivity index (χ4n) is 1.81. The topological polar surface area (TPSA) is 110 Å². The van der Waals surface area contributed by atoms with Crippen molar-refractivity contribution in [2.75, 3.05) is 6.61 Å². The minimum atomic E-state index is -1.32. The molecule has 0 bridgehead atoms. The van der Waals surface area contributed by atoms with Gasteiger partial charge in [-0.05, 0) is 31.0 Å². The summed E-state index contributed by atoms with van der Waals surface area (Å²) in [6, 6.07) is 3.91. The van der Waals surface area contributed by atoms with Crippen LogP contribution >= 0.6 is 0 Å². The first-order chi connectivity index (χ1) is 9.36. The van der Waals surface area contributed by atoms with Crippen LogP contribution in [0.3, 0.4) is 0 Å². The SMILES string of the molecule is CCOC(=O)CC(O)C(O)c1ccc([N+](=O)[O-])cc1C. The zero-order valence-electron chi connectivity index (χ0n) is 11.3. The zero-order valence-corrected chi connectivity index (χ0v) is 11.3. The molecule has 0 fully saturated rings. The number of aliphatic hydroxyl groups excluding tert-OH is 2. The van der Waals surface area contributed by atoms with Gasteiger partial charge in [0, 0.05) is 12.1 Å². The number of esters is 1. The lowest BCUT2D eigenvalue weighted by atomic mass is 9.97. The number of rotatable bonds is 6. The minimum Gasteiger partial charge on any atom is -0.466 e. The lowest BCUT2D eigenvalue weighted by Crippen LogP contribution is -2.23. The molecule has 0 radical (unpaired) electrons. The molecular weight excluding hydrogens is 266 g/mol. The van der Waals surface area contributed by atoms with Crippen molar-refractivity contribution < 1.29 is 24.7 Å². The predicted molar refractivity (Wildman–Crippen MR) is 70.1 cm³/mol. The van der Waals surface area contributed by atoms with Crippen molar-refractivity contribution >= 4 is 11.7 Å². The Morgan fingerprint density at radius 1 is 1.45 bits per heavy atom. The summed E-state index contributed by atoms with van der Waals surface area (Å²) in [5.41, 5.74) is 0.709. The van der Waals surface area contributed by atoms with Crippen molar-refractivity contribution in [3.8, 4) is 0 Å². The van der Waals surface area contributed by atoms with E-state index in [0.717, 1.165) is 0 Å². The molecule has 7 nitrogen and oxygen atoms in total. The number of aryl methyl sites for hydroxylation is 1. The molecule has 2 atom stereocenters. The molecule has 0 spiro atoms. The second-order valence-corrected chi connectivity index (χ2v) is 4.32. The van der Waals surface area contributed by atoms with E-state index in [1.807, 2.05) is 0 Å². The van der Waals surface area contributed by atoms with Gasteiger partial charge in [0.1, 0.15) is 6.10 Å². The van der Waals surface area contributed by atoms with Crippen LogP contribution < -0.4 is 0 Å². The van der Waals surface area contributed by atoms with E-state index < -0.39 is 23.1 Å². The summed E-state index contributed by atoms with van der Waals surface area (Å²) in [6.45, 7) is 3.42. The van der Waals surface area contributed by atoms with Gasteiger partial charge < -0.3 is 14.9 Å². The van der Waals surface area contributed by atoms with Crippen molar-refractivity contribution in [3.05, 3.63) is 39.4 Å².